The SMILES string of the molecule is Cc1ccc(S(=O)(=O)N2C[C@@H](C(=O)O)[C@H](SCc3ccc(F)cc3)C[C@H]2c2ccccc2)cc1. The molecular formula is C26H26FNO4S2. The highest BCUT2D eigenvalue weighted by molar-refractivity contribution is 7.99. The largest absolute Gasteiger partial charge is 0.481 e. The summed E-state index contributed by atoms with van der Waals surface area (Å²) in [6.07, 6.45) is 0.359. The molecule has 1 N–H and O–H groups in total. The number of carboxylic acids is 1. The van der Waals surface area contributed by atoms with E-state index in [1.54, 1.807) is 36.4 Å². The van der Waals surface area contributed by atoms with Crippen LogP contribution in [0.2, 0.25) is 0 Å². The second-order valence-electron chi connectivity index (χ2n) is 8.47. The number of nitrogens with zero attached hydrogens (tertiary/aromatic N) is 1. The van der Waals surface area contributed by atoms with Gasteiger partial charge in [0.2, 0.25) is 10.0 Å². The van der Waals surface area contributed by atoms with Crippen molar-refractivity contribution in [2.45, 2.75) is 35.3 Å². The topological polar surface area (TPSA) is 74.7 Å². The van der Waals surface area contributed by atoms with Gasteiger partial charge in [0.15, 0.2) is 0 Å². The molecule has 3 aromatic carbocycles. The fraction of sp³-hybridized carbons (Fsp3) is 0.269. The van der Waals surface area contributed by atoms with Crippen molar-refractivity contribution in [3.05, 3.63) is 101 Å². The van der Waals surface area contributed by atoms with E-state index in [1.807, 2.05) is 37.3 Å². The molecule has 0 aliphatic carbocycles. The first-order valence-electron chi connectivity index (χ1n) is 11.0. The molecule has 3 aromatic rings. The number of carboxylic acid groups (broad SMARTS) is 1. The highest BCUT2D eigenvalue weighted by atomic mass is 32.2. The lowest BCUT2D eigenvalue weighted by molar-refractivity contribution is -0.143. The monoisotopic (exact) mass is 499 g/mol. The zero-order valence-corrected chi connectivity index (χ0v) is 20.3. The van der Waals surface area contributed by atoms with Crippen LogP contribution >= 0.6 is 11.8 Å². The molecule has 5 nitrogen and oxygen atoms in total. The second-order valence-corrected chi connectivity index (χ2v) is 11.6. The summed E-state index contributed by atoms with van der Waals surface area (Å²) in [5.41, 5.74) is 2.66. The average Bonchev–Trinajstić information content (AvgIpc) is 2.84. The van der Waals surface area contributed by atoms with Gasteiger partial charge in [-0.1, -0.05) is 60.2 Å². The van der Waals surface area contributed by atoms with Crippen LogP contribution in [-0.4, -0.2) is 35.6 Å². The summed E-state index contributed by atoms with van der Waals surface area (Å²) in [5, 5.41) is 9.70. The van der Waals surface area contributed by atoms with Crippen LogP contribution in [0.25, 0.3) is 0 Å². The van der Waals surface area contributed by atoms with Gasteiger partial charge in [-0.25, -0.2) is 12.8 Å². The number of rotatable bonds is 7. The van der Waals surface area contributed by atoms with Crippen molar-refractivity contribution in [1.29, 1.82) is 0 Å². The predicted octanol–water partition coefficient (Wildman–Crippen LogP) is 5.27. The van der Waals surface area contributed by atoms with Crippen LogP contribution in [0.15, 0.2) is 83.8 Å². The van der Waals surface area contributed by atoms with Gasteiger partial charge < -0.3 is 5.11 Å². The van der Waals surface area contributed by atoms with Crippen LogP contribution in [0.1, 0.15) is 29.2 Å². The molecule has 4 rings (SSSR count). The van der Waals surface area contributed by atoms with Crippen LogP contribution < -0.4 is 0 Å². The lowest BCUT2D eigenvalue weighted by atomic mass is 9.90. The number of carbonyl (C=O) groups is 1. The molecule has 34 heavy (non-hydrogen) atoms. The number of sulfonamides is 1. The van der Waals surface area contributed by atoms with E-state index in [0.717, 1.165) is 16.7 Å². The minimum atomic E-state index is -3.92. The van der Waals surface area contributed by atoms with Crippen LogP contribution in [0, 0.1) is 18.7 Å². The van der Waals surface area contributed by atoms with Gasteiger partial charge in [0.25, 0.3) is 0 Å². The number of benzene rings is 3. The Labute approximate surface area is 203 Å². The fourth-order valence-corrected chi connectivity index (χ4v) is 7.24. The third kappa shape index (κ3) is 5.35. The number of aryl methyl sites for hydroxylation is 1. The van der Waals surface area contributed by atoms with E-state index < -0.39 is 28.0 Å². The van der Waals surface area contributed by atoms with Crippen LogP contribution in [-0.2, 0) is 20.6 Å². The highest BCUT2D eigenvalue weighted by Gasteiger charge is 2.45. The van der Waals surface area contributed by atoms with E-state index >= 15 is 0 Å². The third-order valence-electron chi connectivity index (χ3n) is 6.14. The van der Waals surface area contributed by atoms with Gasteiger partial charge in [-0.15, -0.1) is 0 Å². The van der Waals surface area contributed by atoms with Gasteiger partial charge >= 0.3 is 5.97 Å². The van der Waals surface area contributed by atoms with Crippen molar-refractivity contribution < 1.29 is 22.7 Å². The van der Waals surface area contributed by atoms with Crippen molar-refractivity contribution in [1.82, 2.24) is 4.31 Å². The van der Waals surface area contributed by atoms with Gasteiger partial charge in [0.1, 0.15) is 5.82 Å². The first-order valence-corrected chi connectivity index (χ1v) is 13.5. The van der Waals surface area contributed by atoms with E-state index in [0.29, 0.717) is 12.2 Å². The quantitative estimate of drug-likeness (QED) is 0.479. The molecule has 1 fully saturated rings. The first-order chi connectivity index (χ1) is 16.3. The predicted molar refractivity (Wildman–Crippen MR) is 131 cm³/mol. The minimum Gasteiger partial charge on any atom is -0.481 e. The highest BCUT2D eigenvalue weighted by Crippen LogP contribution is 2.43. The Balaban J connectivity index is 1.67. The van der Waals surface area contributed by atoms with E-state index in [-0.39, 0.29) is 22.5 Å². The normalized spacial score (nSPS) is 21.3. The van der Waals surface area contributed by atoms with Gasteiger partial charge in [-0.3, -0.25) is 4.79 Å². The number of hydrogen-bond donors (Lipinski definition) is 1. The molecule has 0 amide bonds. The maximum Gasteiger partial charge on any atom is 0.308 e. The van der Waals surface area contributed by atoms with Gasteiger partial charge in [0.05, 0.1) is 16.9 Å². The summed E-state index contributed by atoms with van der Waals surface area (Å²) in [4.78, 5) is 12.4. The molecule has 1 saturated heterocycles. The van der Waals surface area contributed by atoms with E-state index in [4.69, 9.17) is 0 Å². The second kappa shape index (κ2) is 10.3. The molecule has 0 spiro atoms. The van der Waals surface area contributed by atoms with Crippen molar-refractivity contribution in [3.63, 3.8) is 0 Å². The summed E-state index contributed by atoms with van der Waals surface area (Å²) < 4.78 is 41.9. The lowest BCUT2D eigenvalue weighted by Crippen LogP contribution is -2.49. The van der Waals surface area contributed by atoms with Gasteiger partial charge in [-0.05, 0) is 48.7 Å². The number of thioether (sulfide) groups is 1. The molecule has 0 saturated carbocycles. The molecule has 1 heterocycles. The zero-order valence-electron chi connectivity index (χ0n) is 18.7. The number of hydrogen-bond acceptors (Lipinski definition) is 4. The van der Waals surface area contributed by atoms with Crippen molar-refractivity contribution in [2.75, 3.05) is 6.54 Å². The fourth-order valence-electron chi connectivity index (χ4n) is 4.23. The Morgan fingerprint density at radius 1 is 1.03 bits per heavy atom. The number of halogens is 1. The molecule has 0 bridgehead atoms. The molecule has 3 atom stereocenters. The van der Waals surface area contributed by atoms with Crippen molar-refractivity contribution >= 4 is 27.8 Å². The van der Waals surface area contributed by atoms with Gasteiger partial charge in [0, 0.05) is 17.5 Å². The Hall–Kier alpha value is -2.68. The minimum absolute atomic E-state index is 0.119. The van der Waals surface area contributed by atoms with Crippen LogP contribution in [0.3, 0.4) is 0 Å². The maximum absolute atomic E-state index is 13.7. The molecule has 0 radical (unpaired) electrons. The summed E-state index contributed by atoms with van der Waals surface area (Å²) >= 11 is 1.48. The Morgan fingerprint density at radius 2 is 1.68 bits per heavy atom. The average molecular weight is 500 g/mol. The van der Waals surface area contributed by atoms with Gasteiger partial charge in [-0.2, -0.15) is 16.1 Å². The summed E-state index contributed by atoms with van der Waals surface area (Å²) in [5.74, 6) is -1.70. The smallest absolute Gasteiger partial charge is 0.308 e. The standard InChI is InChI=1S/C26H26FNO4S2/c1-18-7-13-22(14-8-18)34(31,32)28-16-23(26(29)30)25(15-24(28)20-5-3-2-4-6-20)33-17-19-9-11-21(27)12-10-19/h2-14,23-25H,15-17H2,1H3,(H,29,30)/t23-,24+,25-/m1/s1. The molecule has 1 aliphatic rings. The van der Waals surface area contributed by atoms with E-state index in [2.05, 4.69) is 0 Å². The molecule has 1 aliphatic heterocycles. The summed E-state index contributed by atoms with van der Waals surface area (Å²) in [6.45, 7) is 1.76. The van der Waals surface area contributed by atoms with Crippen LogP contribution in [0.4, 0.5) is 4.39 Å². The number of aliphatic carboxylic acids is 1. The van der Waals surface area contributed by atoms with Crippen molar-refractivity contribution in [3.8, 4) is 0 Å². The Kier molecular flexibility index (Phi) is 7.40. The summed E-state index contributed by atoms with van der Waals surface area (Å²) in [6, 6.07) is 21.6. The Morgan fingerprint density at radius 3 is 2.29 bits per heavy atom. The maximum atomic E-state index is 13.7. The van der Waals surface area contributed by atoms with E-state index in [1.165, 1.54) is 28.2 Å². The first kappa shape index (κ1) is 24.4. The van der Waals surface area contributed by atoms with Crippen LogP contribution in [0.5, 0.6) is 0 Å². The molecule has 8 heteroatoms. The molecule has 178 valence electrons. The Bertz CT molecular complexity index is 1230. The molecular weight excluding hydrogens is 473 g/mol. The van der Waals surface area contributed by atoms with Crippen molar-refractivity contribution in [2.24, 2.45) is 5.92 Å². The summed E-state index contributed by atoms with van der Waals surface area (Å²) in [7, 11) is -3.92. The lowest BCUT2D eigenvalue weighted by Gasteiger charge is -2.41. The van der Waals surface area contributed by atoms with E-state index in [9.17, 15) is 22.7 Å². The number of piperidine rings is 1. The third-order valence-corrected chi connectivity index (χ3v) is 9.47. The molecule has 0 unspecified atom stereocenters. The molecule has 0 aromatic heterocycles. The zero-order chi connectivity index (χ0) is 24.3.